The molecule has 0 spiro atoms. The molecule has 2 heterocycles. The molecule has 5 heteroatoms. The minimum Gasteiger partial charge on any atom is -0.486 e. The number of hydrogen-bond donors (Lipinski definition) is 1. The quantitative estimate of drug-likeness (QED) is 0.901. The Bertz CT molecular complexity index is 597. The summed E-state index contributed by atoms with van der Waals surface area (Å²) in [4.78, 5) is 20.1. The van der Waals surface area contributed by atoms with Crippen LogP contribution in [0.3, 0.4) is 0 Å². The molecule has 1 aliphatic rings. The van der Waals surface area contributed by atoms with Crippen molar-refractivity contribution in [3.8, 4) is 5.75 Å². The number of nitrogens with zero attached hydrogens (tertiary/aromatic N) is 2. The van der Waals surface area contributed by atoms with Crippen molar-refractivity contribution in [1.82, 2.24) is 15.3 Å². The maximum atomic E-state index is 12.1. The van der Waals surface area contributed by atoms with Gasteiger partial charge in [0.25, 0.3) is 5.91 Å². The second-order valence-corrected chi connectivity index (χ2v) is 4.74. The Morgan fingerprint density at radius 2 is 2.05 bits per heavy atom. The van der Waals surface area contributed by atoms with Gasteiger partial charge in [0.1, 0.15) is 6.61 Å². The van der Waals surface area contributed by atoms with E-state index < -0.39 is 0 Å². The highest BCUT2D eigenvalue weighted by molar-refractivity contribution is 5.95. The average molecular weight is 269 g/mol. The Kier molecular flexibility index (Phi) is 3.58. The normalized spacial score (nSPS) is 13.8. The molecule has 0 saturated heterocycles. The van der Waals surface area contributed by atoms with E-state index in [4.69, 9.17) is 4.74 Å². The zero-order chi connectivity index (χ0) is 13.8. The van der Waals surface area contributed by atoms with Crippen molar-refractivity contribution >= 4 is 5.91 Å². The van der Waals surface area contributed by atoms with Gasteiger partial charge < -0.3 is 10.1 Å². The lowest BCUT2D eigenvalue weighted by Gasteiger charge is -2.10. The van der Waals surface area contributed by atoms with Gasteiger partial charge in [-0.1, -0.05) is 0 Å². The molecular formula is C15H15N3O2. The Balaban J connectivity index is 1.70. The van der Waals surface area contributed by atoms with Crippen molar-refractivity contribution in [2.45, 2.75) is 25.5 Å². The third-order valence-corrected chi connectivity index (χ3v) is 3.04. The van der Waals surface area contributed by atoms with Crippen LogP contribution in [0.5, 0.6) is 5.75 Å². The van der Waals surface area contributed by atoms with Crippen LogP contribution in [0, 0.1) is 0 Å². The number of nitrogens with one attached hydrogen (secondary N) is 1. The number of pyridine rings is 2. The number of hydrogen-bond acceptors (Lipinski definition) is 4. The van der Waals surface area contributed by atoms with Crippen LogP contribution >= 0.6 is 0 Å². The molecule has 1 aliphatic carbocycles. The van der Waals surface area contributed by atoms with E-state index in [0.717, 1.165) is 18.4 Å². The molecule has 5 nitrogen and oxygen atoms in total. The van der Waals surface area contributed by atoms with Crippen LogP contribution in [-0.2, 0) is 6.61 Å². The fraction of sp³-hybridized carbons (Fsp3) is 0.267. The van der Waals surface area contributed by atoms with Gasteiger partial charge in [0, 0.05) is 24.6 Å². The minimum absolute atomic E-state index is 0.169. The summed E-state index contributed by atoms with van der Waals surface area (Å²) >= 11 is 0. The van der Waals surface area contributed by atoms with Crippen LogP contribution in [0.25, 0.3) is 0 Å². The van der Waals surface area contributed by atoms with Crippen LogP contribution in [0.2, 0.25) is 0 Å². The van der Waals surface area contributed by atoms with Crippen molar-refractivity contribution < 1.29 is 9.53 Å². The lowest BCUT2D eigenvalue weighted by molar-refractivity contribution is 0.0941. The molecule has 1 N–H and O–H groups in total. The molecular weight excluding hydrogens is 254 g/mol. The molecule has 1 saturated carbocycles. The summed E-state index contributed by atoms with van der Waals surface area (Å²) in [5.74, 6) is 0.334. The summed E-state index contributed by atoms with van der Waals surface area (Å²) in [5, 5.41) is 2.92. The van der Waals surface area contributed by atoms with E-state index in [1.165, 1.54) is 0 Å². The van der Waals surface area contributed by atoms with Crippen molar-refractivity contribution in [3.63, 3.8) is 0 Å². The molecule has 0 bridgehead atoms. The van der Waals surface area contributed by atoms with Crippen LogP contribution in [-0.4, -0.2) is 21.9 Å². The molecule has 0 unspecified atom stereocenters. The van der Waals surface area contributed by atoms with E-state index in [-0.39, 0.29) is 5.91 Å². The Morgan fingerprint density at radius 3 is 2.80 bits per heavy atom. The SMILES string of the molecule is O=C(NC1CC1)c1ncccc1OCc1ccncc1. The molecule has 20 heavy (non-hydrogen) atoms. The van der Waals surface area contributed by atoms with Gasteiger partial charge in [0.05, 0.1) is 0 Å². The largest absolute Gasteiger partial charge is 0.486 e. The first kappa shape index (κ1) is 12.6. The van der Waals surface area contributed by atoms with Crippen molar-refractivity contribution in [1.29, 1.82) is 0 Å². The summed E-state index contributed by atoms with van der Waals surface area (Å²) in [6, 6.07) is 7.57. The molecule has 1 fully saturated rings. The smallest absolute Gasteiger partial charge is 0.273 e. The number of amides is 1. The van der Waals surface area contributed by atoms with E-state index in [2.05, 4.69) is 15.3 Å². The lowest BCUT2D eigenvalue weighted by atomic mass is 10.3. The van der Waals surface area contributed by atoms with E-state index in [9.17, 15) is 4.79 Å². The highest BCUT2D eigenvalue weighted by Gasteiger charge is 2.25. The van der Waals surface area contributed by atoms with E-state index >= 15 is 0 Å². The van der Waals surface area contributed by atoms with Crippen molar-refractivity contribution in [2.75, 3.05) is 0 Å². The molecule has 2 aromatic rings. The third-order valence-electron chi connectivity index (χ3n) is 3.04. The van der Waals surface area contributed by atoms with Gasteiger partial charge >= 0.3 is 0 Å². The first-order valence-electron chi connectivity index (χ1n) is 6.60. The fourth-order valence-corrected chi connectivity index (χ4v) is 1.80. The van der Waals surface area contributed by atoms with E-state index in [1.807, 2.05) is 12.1 Å². The predicted octanol–water partition coefficient (Wildman–Crippen LogP) is 1.95. The molecule has 2 aromatic heterocycles. The van der Waals surface area contributed by atoms with Crippen LogP contribution in [0.4, 0.5) is 0 Å². The zero-order valence-electron chi connectivity index (χ0n) is 11.0. The summed E-state index contributed by atoms with van der Waals surface area (Å²) < 4.78 is 5.70. The maximum absolute atomic E-state index is 12.1. The Hall–Kier alpha value is -2.43. The number of aromatic nitrogens is 2. The van der Waals surface area contributed by atoms with Gasteiger partial charge in [0.2, 0.25) is 0 Å². The third kappa shape index (κ3) is 3.12. The zero-order valence-corrected chi connectivity index (χ0v) is 11.0. The second-order valence-electron chi connectivity index (χ2n) is 4.74. The van der Waals surface area contributed by atoms with Gasteiger partial charge in [-0.15, -0.1) is 0 Å². The standard InChI is InChI=1S/C15H15N3O2/c19-15(18-12-3-4-12)14-13(2-1-7-17-14)20-10-11-5-8-16-9-6-11/h1-2,5-9,12H,3-4,10H2,(H,18,19). The molecule has 3 rings (SSSR count). The van der Waals surface area contributed by atoms with Gasteiger partial charge in [-0.3, -0.25) is 9.78 Å². The van der Waals surface area contributed by atoms with Gasteiger partial charge in [-0.2, -0.15) is 0 Å². The van der Waals surface area contributed by atoms with Crippen molar-refractivity contribution in [2.24, 2.45) is 0 Å². The topological polar surface area (TPSA) is 64.1 Å². The van der Waals surface area contributed by atoms with Gasteiger partial charge in [-0.25, -0.2) is 4.98 Å². The molecule has 0 aliphatic heterocycles. The van der Waals surface area contributed by atoms with Crippen molar-refractivity contribution in [3.05, 3.63) is 54.1 Å². The number of carbonyl (C=O) groups excluding carboxylic acids is 1. The predicted molar refractivity (Wildman–Crippen MR) is 73.3 cm³/mol. The lowest BCUT2D eigenvalue weighted by Crippen LogP contribution is -2.26. The Labute approximate surface area is 117 Å². The summed E-state index contributed by atoms with van der Waals surface area (Å²) in [5.41, 5.74) is 1.34. The molecule has 102 valence electrons. The number of rotatable bonds is 5. The van der Waals surface area contributed by atoms with Gasteiger partial charge in [-0.05, 0) is 42.7 Å². The number of ether oxygens (including phenoxy) is 1. The average Bonchev–Trinajstić information content (AvgIpc) is 3.30. The molecule has 0 radical (unpaired) electrons. The van der Waals surface area contributed by atoms with E-state index in [1.54, 1.807) is 30.7 Å². The molecule has 1 amide bonds. The van der Waals surface area contributed by atoms with Crippen LogP contribution in [0.15, 0.2) is 42.9 Å². The summed E-state index contributed by atoms with van der Waals surface area (Å²) in [6.07, 6.45) is 7.12. The first-order valence-corrected chi connectivity index (χ1v) is 6.60. The minimum atomic E-state index is -0.169. The second kappa shape index (κ2) is 5.69. The highest BCUT2D eigenvalue weighted by Crippen LogP contribution is 2.22. The first-order chi connectivity index (χ1) is 9.83. The van der Waals surface area contributed by atoms with Crippen LogP contribution in [0.1, 0.15) is 28.9 Å². The highest BCUT2D eigenvalue weighted by atomic mass is 16.5. The fourth-order valence-electron chi connectivity index (χ4n) is 1.80. The molecule has 0 aromatic carbocycles. The number of carbonyl (C=O) groups is 1. The van der Waals surface area contributed by atoms with Gasteiger partial charge in [0.15, 0.2) is 11.4 Å². The summed E-state index contributed by atoms with van der Waals surface area (Å²) in [6.45, 7) is 0.387. The Morgan fingerprint density at radius 1 is 1.25 bits per heavy atom. The summed E-state index contributed by atoms with van der Waals surface area (Å²) in [7, 11) is 0. The molecule has 0 atom stereocenters. The van der Waals surface area contributed by atoms with E-state index in [0.29, 0.717) is 24.1 Å². The monoisotopic (exact) mass is 269 g/mol. The maximum Gasteiger partial charge on any atom is 0.273 e. The van der Waals surface area contributed by atoms with Crippen LogP contribution < -0.4 is 10.1 Å².